The lowest BCUT2D eigenvalue weighted by molar-refractivity contribution is -0.310. The molecule has 1 aromatic carbocycles. The molecular weight excluding hydrogens is 321 g/mol. The van der Waals surface area contributed by atoms with E-state index >= 15 is 0 Å². The second-order valence-corrected chi connectivity index (χ2v) is 5.15. The molecule has 0 saturated carbocycles. The summed E-state index contributed by atoms with van der Waals surface area (Å²) >= 11 is 0. The largest absolute Gasteiger partial charge is 0.416 e. The van der Waals surface area contributed by atoms with Gasteiger partial charge in [-0.15, -0.1) is 0 Å². The molecular formula is C14H17F3O6. The molecule has 9 heteroatoms. The lowest BCUT2D eigenvalue weighted by Crippen LogP contribution is -2.54. The van der Waals surface area contributed by atoms with Crippen LogP contribution in [0.25, 0.3) is 0 Å². The Hall–Kier alpha value is -1.23. The fourth-order valence-electron chi connectivity index (χ4n) is 2.27. The summed E-state index contributed by atoms with van der Waals surface area (Å²) in [5, 5.41) is 37.8. The van der Waals surface area contributed by atoms with Crippen LogP contribution in [-0.2, 0) is 15.7 Å². The van der Waals surface area contributed by atoms with Crippen molar-refractivity contribution < 1.29 is 43.1 Å². The number of halogens is 3. The number of hydrogen-bond acceptors (Lipinski definition) is 6. The van der Waals surface area contributed by atoms with Crippen molar-refractivity contribution >= 4 is 0 Å². The summed E-state index contributed by atoms with van der Waals surface area (Å²) < 4.78 is 48.3. The maximum absolute atomic E-state index is 12.6. The Morgan fingerprint density at radius 2 is 1.70 bits per heavy atom. The van der Waals surface area contributed by atoms with Gasteiger partial charge in [0.1, 0.15) is 24.4 Å². The van der Waals surface area contributed by atoms with Crippen LogP contribution in [0, 0.1) is 0 Å². The van der Waals surface area contributed by atoms with Crippen LogP contribution in [0.15, 0.2) is 24.3 Å². The van der Waals surface area contributed by atoms with Gasteiger partial charge in [-0.05, 0) is 12.1 Å². The summed E-state index contributed by atoms with van der Waals surface area (Å²) in [7, 11) is 0. The summed E-state index contributed by atoms with van der Waals surface area (Å²) in [5.41, 5.74) is -0.624. The Balaban J connectivity index is 2.21. The van der Waals surface area contributed by atoms with Crippen molar-refractivity contribution in [2.45, 2.75) is 36.9 Å². The lowest BCUT2D eigenvalue weighted by atomic mass is 10.0. The van der Waals surface area contributed by atoms with Crippen molar-refractivity contribution in [3.8, 4) is 0 Å². The van der Waals surface area contributed by atoms with Gasteiger partial charge in [0, 0.05) is 5.56 Å². The Labute approximate surface area is 129 Å². The van der Waals surface area contributed by atoms with Gasteiger partial charge >= 0.3 is 6.18 Å². The third-order valence-corrected chi connectivity index (χ3v) is 3.55. The van der Waals surface area contributed by atoms with E-state index in [0.29, 0.717) is 0 Å². The zero-order chi connectivity index (χ0) is 17.2. The molecule has 130 valence electrons. The lowest BCUT2D eigenvalue weighted by Gasteiger charge is -2.40. The van der Waals surface area contributed by atoms with Gasteiger partial charge in [-0.25, -0.2) is 0 Å². The van der Waals surface area contributed by atoms with Crippen molar-refractivity contribution in [2.24, 2.45) is 0 Å². The number of ether oxygens (including phenoxy) is 2. The van der Waals surface area contributed by atoms with Crippen LogP contribution in [0.1, 0.15) is 17.4 Å². The molecule has 1 fully saturated rings. The number of rotatable bonds is 4. The third kappa shape index (κ3) is 4.00. The molecule has 6 nitrogen and oxygen atoms in total. The van der Waals surface area contributed by atoms with E-state index in [-0.39, 0.29) is 5.56 Å². The predicted octanol–water partition coefficient (Wildman–Crippen LogP) is 0.194. The molecule has 0 aromatic heterocycles. The summed E-state index contributed by atoms with van der Waals surface area (Å²) in [5.74, 6) is 0. The standard InChI is InChI=1S/C14H17F3O6/c15-14(16,17)8-3-1-7(2-4-8)13-22-10(6-19)11(21)12(23-13)9(20)5-18/h1-4,9-13,18-21H,5-6H2/t9-,10+,11-,12-,13?/m1/s1. The Morgan fingerprint density at radius 3 is 2.17 bits per heavy atom. The molecule has 1 aliphatic heterocycles. The van der Waals surface area contributed by atoms with Crippen LogP contribution in [-0.4, -0.2) is 58.1 Å². The minimum Gasteiger partial charge on any atom is -0.394 e. The smallest absolute Gasteiger partial charge is 0.394 e. The topological polar surface area (TPSA) is 99.4 Å². The third-order valence-electron chi connectivity index (χ3n) is 3.55. The van der Waals surface area contributed by atoms with Gasteiger partial charge in [0.15, 0.2) is 6.29 Å². The van der Waals surface area contributed by atoms with Gasteiger partial charge in [0.25, 0.3) is 0 Å². The predicted molar refractivity (Wildman–Crippen MR) is 70.1 cm³/mol. The van der Waals surface area contributed by atoms with Gasteiger partial charge in [-0.3, -0.25) is 0 Å². The maximum atomic E-state index is 12.6. The zero-order valence-electron chi connectivity index (χ0n) is 11.8. The fourth-order valence-corrected chi connectivity index (χ4v) is 2.27. The van der Waals surface area contributed by atoms with Crippen molar-refractivity contribution in [2.75, 3.05) is 13.2 Å². The number of aliphatic hydroxyl groups is 4. The molecule has 2 rings (SSSR count). The summed E-state index contributed by atoms with van der Waals surface area (Å²) in [6, 6.07) is 3.97. The van der Waals surface area contributed by atoms with Crippen LogP contribution in [0.4, 0.5) is 13.2 Å². The second-order valence-electron chi connectivity index (χ2n) is 5.15. The number of alkyl halides is 3. The molecule has 1 unspecified atom stereocenters. The molecule has 0 aliphatic carbocycles. The van der Waals surface area contributed by atoms with Gasteiger partial charge in [-0.1, -0.05) is 12.1 Å². The van der Waals surface area contributed by atoms with E-state index in [4.69, 9.17) is 14.6 Å². The first-order valence-corrected chi connectivity index (χ1v) is 6.84. The molecule has 4 N–H and O–H groups in total. The van der Waals surface area contributed by atoms with E-state index < -0.39 is 55.7 Å². The van der Waals surface area contributed by atoms with Gasteiger partial charge in [0.2, 0.25) is 0 Å². The van der Waals surface area contributed by atoms with Crippen molar-refractivity contribution in [1.29, 1.82) is 0 Å². The highest BCUT2D eigenvalue weighted by Crippen LogP contribution is 2.34. The summed E-state index contributed by atoms with van der Waals surface area (Å²) in [6.07, 6.45) is -10.9. The first kappa shape index (κ1) is 18.1. The van der Waals surface area contributed by atoms with Gasteiger partial charge < -0.3 is 29.9 Å². The molecule has 1 heterocycles. The average molecular weight is 338 g/mol. The van der Waals surface area contributed by atoms with Crippen LogP contribution in [0.3, 0.4) is 0 Å². The molecule has 5 atom stereocenters. The van der Waals surface area contributed by atoms with Crippen molar-refractivity contribution in [1.82, 2.24) is 0 Å². The quantitative estimate of drug-likeness (QED) is 0.626. The number of hydrogen-bond donors (Lipinski definition) is 4. The van der Waals surface area contributed by atoms with Gasteiger partial charge in [-0.2, -0.15) is 13.2 Å². The normalized spacial score (nSPS) is 30.2. The number of benzene rings is 1. The van der Waals surface area contributed by atoms with Crippen LogP contribution in [0.2, 0.25) is 0 Å². The van der Waals surface area contributed by atoms with Crippen LogP contribution < -0.4 is 0 Å². The van der Waals surface area contributed by atoms with Gasteiger partial charge in [0.05, 0.1) is 18.8 Å². The van der Waals surface area contributed by atoms with Crippen molar-refractivity contribution in [3.05, 3.63) is 35.4 Å². The molecule has 23 heavy (non-hydrogen) atoms. The van der Waals surface area contributed by atoms with E-state index in [9.17, 15) is 28.5 Å². The molecule has 0 spiro atoms. The fraction of sp³-hybridized carbons (Fsp3) is 0.571. The first-order chi connectivity index (χ1) is 10.8. The molecule has 0 bridgehead atoms. The van der Waals surface area contributed by atoms with Crippen LogP contribution in [0.5, 0.6) is 0 Å². The Morgan fingerprint density at radius 1 is 1.09 bits per heavy atom. The minimum absolute atomic E-state index is 0.221. The van der Waals surface area contributed by atoms with E-state index in [0.717, 1.165) is 24.3 Å². The first-order valence-electron chi connectivity index (χ1n) is 6.84. The SMILES string of the molecule is OC[C@@H](O)[C@H]1OC(c2ccc(C(F)(F)F)cc2)O[C@@H](CO)[C@H]1O. The molecule has 1 aliphatic rings. The van der Waals surface area contributed by atoms with E-state index in [1.54, 1.807) is 0 Å². The van der Waals surface area contributed by atoms with Crippen molar-refractivity contribution in [3.63, 3.8) is 0 Å². The minimum atomic E-state index is -4.48. The highest BCUT2D eigenvalue weighted by molar-refractivity contribution is 5.25. The molecule has 1 aromatic rings. The summed E-state index contributed by atoms with van der Waals surface area (Å²) in [6.45, 7) is -1.28. The maximum Gasteiger partial charge on any atom is 0.416 e. The average Bonchev–Trinajstić information content (AvgIpc) is 2.53. The van der Waals surface area contributed by atoms with Crippen LogP contribution >= 0.6 is 0 Å². The molecule has 0 radical (unpaired) electrons. The second kappa shape index (κ2) is 7.12. The molecule has 0 amide bonds. The zero-order valence-corrected chi connectivity index (χ0v) is 11.8. The Kier molecular flexibility index (Phi) is 5.61. The monoisotopic (exact) mass is 338 g/mol. The Bertz CT molecular complexity index is 506. The van der Waals surface area contributed by atoms with E-state index in [1.807, 2.05) is 0 Å². The number of aliphatic hydroxyl groups excluding tert-OH is 4. The summed E-state index contributed by atoms with van der Waals surface area (Å²) in [4.78, 5) is 0. The highest BCUT2D eigenvalue weighted by atomic mass is 19.4. The van der Waals surface area contributed by atoms with E-state index in [2.05, 4.69) is 0 Å². The van der Waals surface area contributed by atoms with E-state index in [1.165, 1.54) is 0 Å². The highest BCUT2D eigenvalue weighted by Gasteiger charge is 2.42. The molecule has 1 saturated heterocycles.